The molecule has 3 rings (SSSR count). The van der Waals surface area contributed by atoms with Crippen molar-refractivity contribution in [1.82, 2.24) is 10.0 Å². The van der Waals surface area contributed by atoms with Crippen LogP contribution in [0.25, 0.3) is 0 Å². The quantitative estimate of drug-likeness (QED) is 0.391. The molecule has 9 nitrogen and oxygen atoms in total. The molecule has 0 fully saturated rings. The van der Waals surface area contributed by atoms with E-state index in [2.05, 4.69) is 15.4 Å². The zero-order valence-corrected chi connectivity index (χ0v) is 20.0. The molecule has 3 N–H and O–H groups in total. The summed E-state index contributed by atoms with van der Waals surface area (Å²) in [5.41, 5.74) is 1.41. The Hall–Kier alpha value is -4.02. The van der Waals surface area contributed by atoms with Gasteiger partial charge in [0.05, 0.1) is 27.8 Å². The summed E-state index contributed by atoms with van der Waals surface area (Å²) in [6.07, 6.45) is 0. The summed E-state index contributed by atoms with van der Waals surface area (Å²) in [5, 5.41) is 5.46. The highest BCUT2D eigenvalue weighted by molar-refractivity contribution is 7.89. The van der Waals surface area contributed by atoms with E-state index in [0.29, 0.717) is 0 Å². The van der Waals surface area contributed by atoms with Crippen LogP contribution in [0.1, 0.15) is 39.2 Å². The molecule has 0 bridgehead atoms. The molecule has 35 heavy (non-hydrogen) atoms. The Morgan fingerprint density at radius 2 is 1.60 bits per heavy atom. The Morgan fingerprint density at radius 1 is 0.914 bits per heavy atom. The molecule has 0 saturated carbocycles. The fraction of sp³-hybridized carbons (Fsp3) is 0.160. The summed E-state index contributed by atoms with van der Waals surface area (Å²) in [4.78, 5) is 37.4. The third kappa shape index (κ3) is 6.75. The number of esters is 1. The minimum absolute atomic E-state index is 0.0243. The second-order valence-corrected chi connectivity index (χ2v) is 9.40. The van der Waals surface area contributed by atoms with Gasteiger partial charge >= 0.3 is 5.97 Å². The molecule has 2 amide bonds. The lowest BCUT2D eigenvalue weighted by Crippen LogP contribution is -2.28. The minimum Gasteiger partial charge on any atom is -0.452 e. The summed E-state index contributed by atoms with van der Waals surface area (Å²) >= 11 is 0. The van der Waals surface area contributed by atoms with Crippen LogP contribution in [-0.4, -0.2) is 39.9 Å². The van der Waals surface area contributed by atoms with E-state index >= 15 is 0 Å². The van der Waals surface area contributed by atoms with Crippen molar-refractivity contribution >= 4 is 33.5 Å². The number of carbonyl (C=O) groups is 3. The highest BCUT2D eigenvalue weighted by atomic mass is 32.2. The van der Waals surface area contributed by atoms with Gasteiger partial charge in [0.25, 0.3) is 11.8 Å². The number of para-hydroxylation sites is 1. The number of benzene rings is 3. The van der Waals surface area contributed by atoms with E-state index in [-0.39, 0.29) is 33.7 Å². The predicted octanol–water partition coefficient (Wildman–Crippen LogP) is 2.88. The monoisotopic (exact) mass is 495 g/mol. The average molecular weight is 496 g/mol. The van der Waals surface area contributed by atoms with Gasteiger partial charge in [-0.1, -0.05) is 48.5 Å². The standard InChI is InChI=1S/C25H25N3O6S/c1-17(18-9-4-3-5-10-18)27-24(30)21-13-6-7-14-22(21)28-23(29)16-34-25(31)19-11-8-12-20(15-19)35(32,33)26-2/h3-15,17,26H,16H2,1-2H3,(H,27,30)(H,28,29). The van der Waals surface area contributed by atoms with Gasteiger partial charge in [0.15, 0.2) is 6.61 Å². The van der Waals surface area contributed by atoms with Crippen molar-refractivity contribution in [2.24, 2.45) is 0 Å². The molecule has 0 heterocycles. The fourth-order valence-corrected chi connectivity index (χ4v) is 3.97. The topological polar surface area (TPSA) is 131 Å². The van der Waals surface area contributed by atoms with Crippen LogP contribution < -0.4 is 15.4 Å². The minimum atomic E-state index is -3.74. The van der Waals surface area contributed by atoms with Gasteiger partial charge in [-0.05, 0) is 49.9 Å². The van der Waals surface area contributed by atoms with Crippen LogP contribution in [0.3, 0.4) is 0 Å². The van der Waals surface area contributed by atoms with E-state index in [1.807, 2.05) is 37.3 Å². The summed E-state index contributed by atoms with van der Waals surface area (Å²) < 4.78 is 31.0. The highest BCUT2D eigenvalue weighted by Crippen LogP contribution is 2.18. The zero-order chi connectivity index (χ0) is 25.4. The van der Waals surface area contributed by atoms with E-state index in [4.69, 9.17) is 4.74 Å². The maximum atomic E-state index is 12.8. The van der Waals surface area contributed by atoms with Crippen molar-refractivity contribution in [3.63, 3.8) is 0 Å². The van der Waals surface area contributed by atoms with E-state index in [1.54, 1.807) is 24.3 Å². The molecule has 0 radical (unpaired) electrons. The Kier molecular flexibility index (Phi) is 8.34. The molecule has 0 spiro atoms. The molecule has 0 aliphatic carbocycles. The van der Waals surface area contributed by atoms with E-state index < -0.39 is 28.5 Å². The molecule has 0 aliphatic heterocycles. The molecule has 10 heteroatoms. The molecular formula is C25H25N3O6S. The van der Waals surface area contributed by atoms with Gasteiger partial charge in [-0.25, -0.2) is 17.9 Å². The third-order valence-corrected chi connectivity index (χ3v) is 6.49. The molecule has 3 aromatic carbocycles. The second kappa shape index (κ2) is 11.4. The van der Waals surface area contributed by atoms with Gasteiger partial charge in [-0.2, -0.15) is 0 Å². The van der Waals surface area contributed by atoms with Gasteiger partial charge in [-0.15, -0.1) is 0 Å². The zero-order valence-electron chi connectivity index (χ0n) is 19.1. The average Bonchev–Trinajstić information content (AvgIpc) is 2.88. The number of hydrogen-bond donors (Lipinski definition) is 3. The largest absolute Gasteiger partial charge is 0.452 e. The van der Waals surface area contributed by atoms with E-state index in [9.17, 15) is 22.8 Å². The molecule has 3 aromatic rings. The van der Waals surface area contributed by atoms with Crippen LogP contribution >= 0.6 is 0 Å². The lowest BCUT2D eigenvalue weighted by atomic mass is 10.1. The van der Waals surface area contributed by atoms with Crippen molar-refractivity contribution < 1.29 is 27.5 Å². The van der Waals surface area contributed by atoms with Crippen LogP contribution in [0, 0.1) is 0 Å². The molecule has 1 unspecified atom stereocenters. The summed E-state index contributed by atoms with van der Waals surface area (Å²) in [6, 6.07) is 20.9. The van der Waals surface area contributed by atoms with Crippen LogP contribution in [0.2, 0.25) is 0 Å². The summed E-state index contributed by atoms with van der Waals surface area (Å²) in [6.45, 7) is 1.23. The summed E-state index contributed by atoms with van der Waals surface area (Å²) in [7, 11) is -2.49. The van der Waals surface area contributed by atoms with Crippen molar-refractivity contribution in [1.29, 1.82) is 0 Å². The first-order chi connectivity index (χ1) is 16.7. The van der Waals surface area contributed by atoms with Crippen molar-refractivity contribution in [3.8, 4) is 0 Å². The Balaban J connectivity index is 1.62. The Morgan fingerprint density at radius 3 is 2.31 bits per heavy atom. The number of sulfonamides is 1. The van der Waals surface area contributed by atoms with E-state index in [1.165, 1.54) is 25.2 Å². The van der Waals surface area contributed by atoms with Crippen LogP contribution in [0.15, 0.2) is 83.8 Å². The van der Waals surface area contributed by atoms with Gasteiger partial charge in [0.2, 0.25) is 10.0 Å². The lowest BCUT2D eigenvalue weighted by Gasteiger charge is -2.16. The first-order valence-corrected chi connectivity index (χ1v) is 12.1. The number of hydrogen-bond acceptors (Lipinski definition) is 6. The van der Waals surface area contributed by atoms with Crippen molar-refractivity contribution in [2.75, 3.05) is 19.0 Å². The van der Waals surface area contributed by atoms with Gasteiger partial charge in [0.1, 0.15) is 0 Å². The van der Waals surface area contributed by atoms with Crippen LogP contribution in [0.4, 0.5) is 5.69 Å². The van der Waals surface area contributed by atoms with Gasteiger partial charge in [0, 0.05) is 0 Å². The molecule has 1 atom stereocenters. The van der Waals surface area contributed by atoms with Gasteiger partial charge < -0.3 is 15.4 Å². The normalized spacial score (nSPS) is 11.8. The predicted molar refractivity (Wildman–Crippen MR) is 130 cm³/mol. The van der Waals surface area contributed by atoms with Crippen LogP contribution in [-0.2, 0) is 19.6 Å². The number of ether oxygens (including phenoxy) is 1. The van der Waals surface area contributed by atoms with Crippen LogP contribution in [0.5, 0.6) is 0 Å². The smallest absolute Gasteiger partial charge is 0.338 e. The Labute approximate surface area is 203 Å². The lowest BCUT2D eigenvalue weighted by molar-refractivity contribution is -0.119. The maximum Gasteiger partial charge on any atom is 0.338 e. The number of carbonyl (C=O) groups excluding carboxylic acids is 3. The first-order valence-electron chi connectivity index (χ1n) is 10.7. The number of nitrogens with one attached hydrogen (secondary N) is 3. The molecule has 0 aromatic heterocycles. The Bertz CT molecular complexity index is 1330. The fourth-order valence-electron chi connectivity index (χ4n) is 3.20. The molecule has 0 saturated heterocycles. The third-order valence-electron chi connectivity index (χ3n) is 5.08. The second-order valence-electron chi connectivity index (χ2n) is 7.51. The molecule has 182 valence electrons. The number of rotatable bonds is 9. The SMILES string of the molecule is CNS(=O)(=O)c1cccc(C(=O)OCC(=O)Nc2ccccc2C(=O)NC(C)c2ccccc2)c1. The highest BCUT2D eigenvalue weighted by Gasteiger charge is 2.18. The number of anilines is 1. The number of amides is 2. The summed E-state index contributed by atoms with van der Waals surface area (Å²) in [5.74, 6) is -1.90. The van der Waals surface area contributed by atoms with Crippen molar-refractivity contribution in [3.05, 3.63) is 95.6 Å². The first kappa shape index (κ1) is 25.6. The van der Waals surface area contributed by atoms with Gasteiger partial charge in [-0.3, -0.25) is 9.59 Å². The van der Waals surface area contributed by atoms with Crippen molar-refractivity contribution in [2.45, 2.75) is 17.9 Å². The molecular weight excluding hydrogens is 470 g/mol. The molecule has 0 aliphatic rings. The maximum absolute atomic E-state index is 12.8. The van der Waals surface area contributed by atoms with E-state index in [0.717, 1.165) is 11.6 Å².